The van der Waals surface area contributed by atoms with Crippen molar-refractivity contribution in [3.05, 3.63) is 0 Å². The summed E-state index contributed by atoms with van der Waals surface area (Å²) >= 11 is 0. The quantitative estimate of drug-likeness (QED) is 0.0501. The lowest BCUT2D eigenvalue weighted by Gasteiger charge is -2.20. The van der Waals surface area contributed by atoms with E-state index in [-0.39, 0.29) is 19.0 Å². The summed E-state index contributed by atoms with van der Waals surface area (Å²) in [7, 11) is 0. The molecule has 7 heteroatoms. The maximum absolute atomic E-state index is 12.8. The Hall–Kier alpha value is -1.18. The monoisotopic (exact) mass is 615 g/mol. The first-order valence-corrected chi connectivity index (χ1v) is 18.2. The Kier molecular flexibility index (Phi) is 31.3. The largest absolute Gasteiger partial charge is 0.461 e. The number of ether oxygens (including phenoxy) is 2. The summed E-state index contributed by atoms with van der Waals surface area (Å²) in [5.41, 5.74) is 0. The second-order valence-corrected chi connectivity index (χ2v) is 12.7. The Morgan fingerprint density at radius 3 is 1.42 bits per heavy atom. The molecule has 0 aliphatic rings. The Morgan fingerprint density at radius 2 is 1.00 bits per heavy atom. The van der Waals surface area contributed by atoms with E-state index in [2.05, 4.69) is 13.8 Å². The van der Waals surface area contributed by atoms with Crippen molar-refractivity contribution in [1.29, 1.82) is 0 Å². The molecule has 0 saturated carbocycles. The highest BCUT2D eigenvalue weighted by Gasteiger charge is 2.25. The van der Waals surface area contributed by atoms with Crippen LogP contribution in [0.15, 0.2) is 0 Å². The summed E-state index contributed by atoms with van der Waals surface area (Å²) < 4.78 is 10.7. The van der Waals surface area contributed by atoms with E-state index in [9.17, 15) is 24.9 Å². The number of unbranched alkanes of at least 4 members (excludes halogenated alkanes) is 21. The number of aliphatic hydroxyl groups is 3. The molecular formula is C36H70O7. The fraction of sp³-hybridized carbons (Fsp3) is 0.944. The molecule has 0 heterocycles. The SMILES string of the molecule is CCCCCCCCCCCCCCCCC(CC(O)CO)C(=O)OCC(CO)OC(=O)CCCCCCCCCCC. The van der Waals surface area contributed by atoms with Gasteiger partial charge in [0.2, 0.25) is 0 Å². The lowest BCUT2D eigenvalue weighted by molar-refractivity contribution is -0.164. The highest BCUT2D eigenvalue weighted by atomic mass is 16.6. The van der Waals surface area contributed by atoms with Gasteiger partial charge in [-0.3, -0.25) is 9.59 Å². The van der Waals surface area contributed by atoms with Crippen molar-refractivity contribution in [3.63, 3.8) is 0 Å². The summed E-state index contributed by atoms with van der Waals surface area (Å²) in [4.78, 5) is 25.0. The number of rotatable bonds is 33. The summed E-state index contributed by atoms with van der Waals surface area (Å²) in [5, 5.41) is 28.9. The van der Waals surface area contributed by atoms with E-state index in [1.54, 1.807) is 0 Å². The third-order valence-electron chi connectivity index (χ3n) is 8.40. The first-order chi connectivity index (χ1) is 21.0. The summed E-state index contributed by atoms with van der Waals surface area (Å²) in [5.74, 6) is -1.39. The first kappa shape index (κ1) is 41.8. The van der Waals surface area contributed by atoms with Gasteiger partial charge in [-0.2, -0.15) is 0 Å². The Balaban J connectivity index is 4.12. The highest BCUT2D eigenvalue weighted by Crippen LogP contribution is 2.20. The van der Waals surface area contributed by atoms with Crippen molar-refractivity contribution in [2.24, 2.45) is 5.92 Å². The molecule has 0 aromatic rings. The summed E-state index contributed by atoms with van der Waals surface area (Å²) in [6.45, 7) is 3.44. The van der Waals surface area contributed by atoms with Crippen LogP contribution in [0.5, 0.6) is 0 Å². The molecule has 0 aromatic heterocycles. The van der Waals surface area contributed by atoms with Crippen LogP contribution in [-0.4, -0.2) is 59.3 Å². The Bertz CT molecular complexity index is 612. The van der Waals surface area contributed by atoms with Crippen molar-refractivity contribution in [2.45, 2.75) is 193 Å². The molecule has 0 aromatic carbocycles. The molecule has 0 aliphatic carbocycles. The molecule has 0 bridgehead atoms. The molecule has 0 aliphatic heterocycles. The minimum atomic E-state index is -0.980. The minimum Gasteiger partial charge on any atom is -0.461 e. The lowest BCUT2D eigenvalue weighted by atomic mass is 9.94. The van der Waals surface area contributed by atoms with Crippen LogP contribution in [0.1, 0.15) is 181 Å². The van der Waals surface area contributed by atoms with Gasteiger partial charge < -0.3 is 24.8 Å². The fourth-order valence-electron chi connectivity index (χ4n) is 5.56. The fourth-order valence-corrected chi connectivity index (χ4v) is 5.56. The first-order valence-electron chi connectivity index (χ1n) is 18.2. The van der Waals surface area contributed by atoms with Crippen LogP contribution in [0.4, 0.5) is 0 Å². The number of esters is 2. The topological polar surface area (TPSA) is 113 Å². The molecule has 256 valence electrons. The zero-order chi connectivity index (χ0) is 31.8. The van der Waals surface area contributed by atoms with Gasteiger partial charge in [0.25, 0.3) is 0 Å². The van der Waals surface area contributed by atoms with Crippen LogP contribution in [0.2, 0.25) is 0 Å². The molecular weight excluding hydrogens is 544 g/mol. The Labute approximate surface area is 264 Å². The van der Waals surface area contributed by atoms with Gasteiger partial charge in [0, 0.05) is 6.42 Å². The van der Waals surface area contributed by atoms with E-state index in [0.29, 0.717) is 12.8 Å². The van der Waals surface area contributed by atoms with Crippen molar-refractivity contribution in [2.75, 3.05) is 19.8 Å². The van der Waals surface area contributed by atoms with Gasteiger partial charge in [0.1, 0.15) is 6.61 Å². The van der Waals surface area contributed by atoms with Crippen LogP contribution in [-0.2, 0) is 19.1 Å². The second kappa shape index (κ2) is 32.2. The van der Waals surface area contributed by atoms with Crippen molar-refractivity contribution >= 4 is 11.9 Å². The molecule has 43 heavy (non-hydrogen) atoms. The smallest absolute Gasteiger partial charge is 0.309 e. The summed E-state index contributed by atoms with van der Waals surface area (Å²) in [6.07, 6.45) is 27.2. The van der Waals surface area contributed by atoms with Crippen molar-refractivity contribution in [1.82, 2.24) is 0 Å². The third-order valence-corrected chi connectivity index (χ3v) is 8.40. The molecule has 0 fully saturated rings. The zero-order valence-electron chi connectivity index (χ0n) is 28.2. The molecule has 0 rings (SSSR count). The van der Waals surface area contributed by atoms with E-state index >= 15 is 0 Å². The van der Waals surface area contributed by atoms with E-state index in [1.807, 2.05) is 0 Å². The van der Waals surface area contributed by atoms with Crippen molar-refractivity contribution < 1.29 is 34.4 Å². The summed E-state index contributed by atoms with van der Waals surface area (Å²) in [6, 6.07) is 0. The number of carbonyl (C=O) groups excluding carboxylic acids is 2. The van der Waals surface area contributed by atoms with Gasteiger partial charge in [-0.15, -0.1) is 0 Å². The average Bonchev–Trinajstić information content (AvgIpc) is 3.01. The van der Waals surface area contributed by atoms with Gasteiger partial charge in [-0.1, -0.05) is 155 Å². The van der Waals surface area contributed by atoms with Gasteiger partial charge in [0.15, 0.2) is 6.10 Å². The number of hydrogen-bond acceptors (Lipinski definition) is 7. The van der Waals surface area contributed by atoms with Gasteiger partial charge in [0.05, 0.1) is 25.2 Å². The standard InChI is InChI=1S/C36H70O7/c1-3-5-7-9-11-13-14-15-16-17-19-20-22-24-26-32(28-33(39)29-37)36(41)42-31-34(30-38)43-35(40)27-25-23-21-18-12-10-8-6-4-2/h32-34,37-39H,3-31H2,1-2H3. The van der Waals surface area contributed by atoms with E-state index < -0.39 is 37.3 Å². The average molecular weight is 615 g/mol. The normalized spacial score (nSPS) is 13.5. The van der Waals surface area contributed by atoms with Gasteiger partial charge in [-0.25, -0.2) is 0 Å². The maximum atomic E-state index is 12.8. The van der Waals surface area contributed by atoms with Crippen LogP contribution in [0, 0.1) is 5.92 Å². The van der Waals surface area contributed by atoms with Crippen molar-refractivity contribution in [3.8, 4) is 0 Å². The van der Waals surface area contributed by atoms with Gasteiger partial charge in [-0.05, 0) is 19.3 Å². The molecule has 3 unspecified atom stereocenters. The highest BCUT2D eigenvalue weighted by molar-refractivity contribution is 5.72. The van der Waals surface area contributed by atoms with E-state index in [1.165, 1.54) is 109 Å². The minimum absolute atomic E-state index is 0.135. The predicted octanol–water partition coefficient (Wildman–Crippen LogP) is 8.59. The molecule has 0 radical (unpaired) electrons. The number of hydrogen-bond donors (Lipinski definition) is 3. The number of aliphatic hydroxyl groups excluding tert-OH is 3. The molecule has 0 amide bonds. The zero-order valence-corrected chi connectivity index (χ0v) is 28.2. The molecule has 3 N–H and O–H groups in total. The molecule has 0 spiro atoms. The lowest BCUT2D eigenvalue weighted by Crippen LogP contribution is -2.31. The van der Waals surface area contributed by atoms with E-state index in [0.717, 1.165) is 38.5 Å². The van der Waals surface area contributed by atoms with Crippen LogP contribution < -0.4 is 0 Å². The van der Waals surface area contributed by atoms with Crippen LogP contribution >= 0.6 is 0 Å². The van der Waals surface area contributed by atoms with Gasteiger partial charge >= 0.3 is 11.9 Å². The molecule has 3 atom stereocenters. The third kappa shape index (κ3) is 28.1. The van der Waals surface area contributed by atoms with E-state index in [4.69, 9.17) is 9.47 Å². The number of carbonyl (C=O) groups is 2. The predicted molar refractivity (Wildman–Crippen MR) is 176 cm³/mol. The molecule has 7 nitrogen and oxygen atoms in total. The Morgan fingerprint density at radius 1 is 0.581 bits per heavy atom. The van der Waals surface area contributed by atoms with Crippen LogP contribution in [0.25, 0.3) is 0 Å². The second-order valence-electron chi connectivity index (χ2n) is 12.7. The van der Waals surface area contributed by atoms with Crippen LogP contribution in [0.3, 0.4) is 0 Å². The molecule has 0 saturated heterocycles. The maximum Gasteiger partial charge on any atom is 0.309 e.